The maximum atomic E-state index is 10.7. The lowest BCUT2D eigenvalue weighted by atomic mass is 9.93. The zero-order valence-electron chi connectivity index (χ0n) is 12.0. The van der Waals surface area contributed by atoms with Gasteiger partial charge in [-0.25, -0.2) is 0 Å². The van der Waals surface area contributed by atoms with Crippen LogP contribution in [0, 0.1) is 5.92 Å². The van der Waals surface area contributed by atoms with Crippen molar-refractivity contribution in [2.75, 3.05) is 0 Å². The summed E-state index contributed by atoms with van der Waals surface area (Å²) in [6.45, 7) is 4.43. The van der Waals surface area contributed by atoms with Crippen molar-refractivity contribution in [1.82, 2.24) is 0 Å². The van der Waals surface area contributed by atoms with Crippen LogP contribution < -0.4 is 0 Å². The summed E-state index contributed by atoms with van der Waals surface area (Å²) in [6, 6.07) is 16.2. The highest BCUT2D eigenvalue weighted by Crippen LogP contribution is 2.26. The van der Waals surface area contributed by atoms with E-state index in [2.05, 4.69) is 32.0 Å². The Labute approximate surface area is 120 Å². The van der Waals surface area contributed by atoms with E-state index >= 15 is 0 Å². The third kappa shape index (κ3) is 3.70. The summed E-state index contributed by atoms with van der Waals surface area (Å²) >= 11 is 0. The van der Waals surface area contributed by atoms with E-state index in [4.69, 9.17) is 5.11 Å². The minimum absolute atomic E-state index is 0.0773. The maximum absolute atomic E-state index is 10.7. The number of hydrogen-bond acceptors (Lipinski definition) is 1. The molecule has 0 aromatic heterocycles. The van der Waals surface area contributed by atoms with Crippen LogP contribution in [-0.2, 0) is 17.6 Å². The first-order chi connectivity index (χ1) is 9.56. The molecular weight excluding hydrogens is 248 g/mol. The van der Waals surface area contributed by atoms with Crippen LogP contribution in [0.2, 0.25) is 0 Å². The van der Waals surface area contributed by atoms with Crippen LogP contribution in [0.1, 0.15) is 25.0 Å². The van der Waals surface area contributed by atoms with Crippen LogP contribution in [0.15, 0.2) is 48.5 Å². The second-order valence-corrected chi connectivity index (χ2v) is 5.52. The van der Waals surface area contributed by atoms with E-state index in [1.165, 1.54) is 11.1 Å². The van der Waals surface area contributed by atoms with Gasteiger partial charge in [-0.2, -0.15) is 0 Å². The largest absolute Gasteiger partial charge is 0.481 e. The predicted molar refractivity (Wildman–Crippen MR) is 81.8 cm³/mol. The summed E-state index contributed by atoms with van der Waals surface area (Å²) in [7, 11) is 0. The summed E-state index contributed by atoms with van der Waals surface area (Å²) in [4.78, 5) is 10.7. The third-order valence-electron chi connectivity index (χ3n) is 3.27. The van der Waals surface area contributed by atoms with Gasteiger partial charge in [-0.1, -0.05) is 62.4 Å². The van der Waals surface area contributed by atoms with Gasteiger partial charge < -0.3 is 5.11 Å². The number of carbonyl (C=O) groups is 1. The average molecular weight is 268 g/mol. The van der Waals surface area contributed by atoms with Gasteiger partial charge in [-0.15, -0.1) is 0 Å². The van der Waals surface area contributed by atoms with E-state index in [-0.39, 0.29) is 6.42 Å². The van der Waals surface area contributed by atoms with E-state index in [1.54, 1.807) is 0 Å². The van der Waals surface area contributed by atoms with Gasteiger partial charge in [0, 0.05) is 0 Å². The Morgan fingerprint density at radius 3 is 2.30 bits per heavy atom. The molecule has 2 nitrogen and oxygen atoms in total. The fraction of sp³-hybridized carbons (Fsp3) is 0.278. The molecule has 2 heteroatoms. The summed E-state index contributed by atoms with van der Waals surface area (Å²) < 4.78 is 0. The van der Waals surface area contributed by atoms with E-state index in [9.17, 15) is 4.79 Å². The Morgan fingerprint density at radius 2 is 1.70 bits per heavy atom. The van der Waals surface area contributed by atoms with Crippen LogP contribution >= 0.6 is 0 Å². The minimum atomic E-state index is -0.794. The first-order valence-electron chi connectivity index (χ1n) is 6.95. The second kappa shape index (κ2) is 6.38. The van der Waals surface area contributed by atoms with E-state index in [1.807, 2.05) is 30.3 Å². The zero-order valence-corrected chi connectivity index (χ0v) is 12.0. The highest BCUT2D eigenvalue weighted by molar-refractivity contribution is 5.72. The number of benzene rings is 2. The summed E-state index contributed by atoms with van der Waals surface area (Å²) in [6.07, 6.45) is 1.13. The Hall–Kier alpha value is -2.09. The number of carboxylic acids is 1. The van der Waals surface area contributed by atoms with Gasteiger partial charge in [0.15, 0.2) is 0 Å². The highest BCUT2D eigenvalue weighted by atomic mass is 16.4. The molecule has 0 bridgehead atoms. The molecule has 1 N–H and O–H groups in total. The SMILES string of the molecule is CC(C)Cc1ccccc1-c1ccc(CC(=O)O)cc1. The van der Waals surface area contributed by atoms with Crippen molar-refractivity contribution < 1.29 is 9.90 Å². The van der Waals surface area contributed by atoms with Crippen molar-refractivity contribution in [3.05, 3.63) is 59.7 Å². The first-order valence-corrected chi connectivity index (χ1v) is 6.95. The molecule has 0 heterocycles. The number of aliphatic carboxylic acids is 1. The van der Waals surface area contributed by atoms with Crippen LogP contribution in [0.3, 0.4) is 0 Å². The molecule has 0 radical (unpaired) electrons. The topological polar surface area (TPSA) is 37.3 Å². The molecule has 0 aliphatic carbocycles. The van der Waals surface area contributed by atoms with Crippen LogP contribution in [0.25, 0.3) is 11.1 Å². The average Bonchev–Trinajstić information content (AvgIpc) is 2.39. The summed E-state index contributed by atoms with van der Waals surface area (Å²) in [5.74, 6) is -0.180. The lowest BCUT2D eigenvalue weighted by Crippen LogP contribution is -2.00. The van der Waals surface area contributed by atoms with Crippen molar-refractivity contribution >= 4 is 5.97 Å². The Balaban J connectivity index is 2.29. The molecule has 2 aromatic carbocycles. The van der Waals surface area contributed by atoms with E-state index < -0.39 is 5.97 Å². The lowest BCUT2D eigenvalue weighted by Gasteiger charge is -2.12. The number of hydrogen-bond donors (Lipinski definition) is 1. The van der Waals surface area contributed by atoms with E-state index in [0.29, 0.717) is 5.92 Å². The highest BCUT2D eigenvalue weighted by Gasteiger charge is 2.07. The minimum Gasteiger partial charge on any atom is -0.481 e. The molecule has 2 aromatic rings. The van der Waals surface area contributed by atoms with Gasteiger partial charge in [0.1, 0.15) is 0 Å². The molecule has 0 aliphatic rings. The Morgan fingerprint density at radius 1 is 1.05 bits per heavy atom. The van der Waals surface area contributed by atoms with Gasteiger partial charge in [0.2, 0.25) is 0 Å². The summed E-state index contributed by atoms with van der Waals surface area (Å²) in [5.41, 5.74) is 4.56. The monoisotopic (exact) mass is 268 g/mol. The standard InChI is InChI=1S/C18H20O2/c1-13(2)11-16-5-3-4-6-17(16)15-9-7-14(8-10-15)12-18(19)20/h3-10,13H,11-12H2,1-2H3,(H,19,20). The molecule has 0 saturated carbocycles. The van der Waals surface area contributed by atoms with Gasteiger partial charge >= 0.3 is 5.97 Å². The Kier molecular flexibility index (Phi) is 4.57. The summed E-state index contributed by atoms with van der Waals surface area (Å²) in [5, 5.41) is 8.80. The normalized spacial score (nSPS) is 10.8. The predicted octanol–water partition coefficient (Wildman–Crippen LogP) is 4.18. The quantitative estimate of drug-likeness (QED) is 0.883. The van der Waals surface area contributed by atoms with Crippen LogP contribution in [0.5, 0.6) is 0 Å². The van der Waals surface area contributed by atoms with Crippen molar-refractivity contribution in [2.45, 2.75) is 26.7 Å². The van der Waals surface area contributed by atoms with Gasteiger partial charge in [-0.3, -0.25) is 4.79 Å². The maximum Gasteiger partial charge on any atom is 0.307 e. The molecule has 0 fully saturated rings. The van der Waals surface area contributed by atoms with Gasteiger partial charge in [-0.05, 0) is 34.6 Å². The van der Waals surface area contributed by atoms with E-state index in [0.717, 1.165) is 17.5 Å². The molecule has 0 atom stereocenters. The third-order valence-corrected chi connectivity index (χ3v) is 3.27. The zero-order chi connectivity index (χ0) is 14.5. The molecule has 104 valence electrons. The molecule has 20 heavy (non-hydrogen) atoms. The first kappa shape index (κ1) is 14.3. The van der Waals surface area contributed by atoms with Crippen molar-refractivity contribution in [2.24, 2.45) is 5.92 Å². The van der Waals surface area contributed by atoms with Crippen LogP contribution in [0.4, 0.5) is 0 Å². The van der Waals surface area contributed by atoms with Crippen molar-refractivity contribution in [3.63, 3.8) is 0 Å². The second-order valence-electron chi connectivity index (χ2n) is 5.52. The molecule has 0 amide bonds. The molecule has 2 rings (SSSR count). The molecule has 0 aliphatic heterocycles. The molecule has 0 unspecified atom stereocenters. The molecular formula is C18H20O2. The smallest absolute Gasteiger partial charge is 0.307 e. The molecule has 0 saturated heterocycles. The fourth-order valence-electron chi connectivity index (χ4n) is 2.40. The fourth-order valence-corrected chi connectivity index (χ4v) is 2.40. The van der Waals surface area contributed by atoms with Crippen molar-refractivity contribution in [3.8, 4) is 11.1 Å². The van der Waals surface area contributed by atoms with Gasteiger partial charge in [0.05, 0.1) is 6.42 Å². The van der Waals surface area contributed by atoms with Gasteiger partial charge in [0.25, 0.3) is 0 Å². The molecule has 0 spiro atoms. The van der Waals surface area contributed by atoms with Crippen LogP contribution in [-0.4, -0.2) is 11.1 Å². The Bertz CT molecular complexity index is 583. The van der Waals surface area contributed by atoms with Crippen molar-refractivity contribution in [1.29, 1.82) is 0 Å². The number of carboxylic acid groups (broad SMARTS) is 1. The number of rotatable bonds is 5. The lowest BCUT2D eigenvalue weighted by molar-refractivity contribution is -0.136.